The van der Waals surface area contributed by atoms with E-state index in [-0.39, 0.29) is 6.04 Å². The van der Waals surface area contributed by atoms with Crippen molar-refractivity contribution in [3.05, 3.63) is 49.9 Å². The molecule has 0 spiro atoms. The highest BCUT2D eigenvalue weighted by atomic mass is 35.5. The van der Waals surface area contributed by atoms with Crippen molar-refractivity contribution in [1.82, 2.24) is 10.3 Å². The number of hydrogen-bond donors (Lipinski definition) is 1. The van der Waals surface area contributed by atoms with E-state index in [0.29, 0.717) is 22.0 Å². The Morgan fingerprint density at radius 1 is 1.14 bits per heavy atom. The van der Waals surface area contributed by atoms with Gasteiger partial charge in [-0.15, -0.1) is 11.3 Å². The fraction of sp³-hybridized carbons (Fsp3) is 0.438. The van der Waals surface area contributed by atoms with Crippen LogP contribution in [0, 0.1) is 0 Å². The Labute approximate surface area is 140 Å². The predicted octanol–water partition coefficient (Wildman–Crippen LogP) is 5.66. The summed E-state index contributed by atoms with van der Waals surface area (Å²) in [5.41, 5.74) is 2.13. The molecule has 0 amide bonds. The van der Waals surface area contributed by atoms with E-state index in [9.17, 15) is 0 Å². The highest BCUT2D eigenvalue weighted by molar-refractivity contribution is 7.09. The molecule has 1 N–H and O–H groups in total. The highest BCUT2D eigenvalue weighted by Gasteiger charge is 2.21. The summed E-state index contributed by atoms with van der Waals surface area (Å²) in [5, 5.41) is 8.02. The molecule has 0 saturated carbocycles. The fourth-order valence-electron chi connectivity index (χ4n) is 2.06. The minimum Gasteiger partial charge on any atom is -0.302 e. The maximum atomic E-state index is 6.38. The molecule has 0 aliphatic heterocycles. The topological polar surface area (TPSA) is 24.9 Å². The van der Waals surface area contributed by atoms with Crippen LogP contribution in [0.4, 0.5) is 0 Å². The molecule has 5 heteroatoms. The molecular formula is C16H20Cl2N2S. The van der Waals surface area contributed by atoms with E-state index in [1.165, 1.54) is 0 Å². The summed E-state index contributed by atoms with van der Waals surface area (Å²) >= 11 is 14.1. The maximum Gasteiger partial charge on any atom is 0.114 e. The molecule has 2 aromatic rings. The molecular weight excluding hydrogens is 323 g/mol. The first-order chi connectivity index (χ1) is 9.88. The molecule has 1 atom stereocenters. The van der Waals surface area contributed by atoms with E-state index in [1.807, 2.05) is 12.1 Å². The van der Waals surface area contributed by atoms with Gasteiger partial charge in [0.25, 0.3) is 0 Å². The lowest BCUT2D eigenvalue weighted by Gasteiger charge is -2.21. The van der Waals surface area contributed by atoms with Gasteiger partial charge in [0.2, 0.25) is 0 Å². The van der Waals surface area contributed by atoms with Gasteiger partial charge in [-0.3, -0.25) is 0 Å². The Hall–Kier alpha value is -0.610. The molecule has 1 heterocycles. The van der Waals surface area contributed by atoms with Crippen LogP contribution < -0.4 is 5.32 Å². The third-order valence-electron chi connectivity index (χ3n) is 3.15. The Morgan fingerprint density at radius 2 is 1.86 bits per heavy atom. The summed E-state index contributed by atoms with van der Waals surface area (Å²) in [6.07, 6.45) is 0. The second kappa shape index (κ2) is 7.10. The number of nitrogens with zero attached hydrogens (tertiary/aromatic N) is 1. The first-order valence-electron chi connectivity index (χ1n) is 7.04. The molecule has 21 heavy (non-hydrogen) atoms. The van der Waals surface area contributed by atoms with Gasteiger partial charge in [-0.05, 0) is 37.5 Å². The van der Waals surface area contributed by atoms with Crippen LogP contribution in [0.5, 0.6) is 0 Å². The van der Waals surface area contributed by atoms with Gasteiger partial charge in [0.05, 0.1) is 11.7 Å². The van der Waals surface area contributed by atoms with Crippen LogP contribution in [0.2, 0.25) is 10.0 Å². The van der Waals surface area contributed by atoms with Gasteiger partial charge in [-0.2, -0.15) is 0 Å². The summed E-state index contributed by atoms with van der Waals surface area (Å²) in [5.74, 6) is 0.426. The summed E-state index contributed by atoms with van der Waals surface area (Å²) < 4.78 is 0. The first-order valence-corrected chi connectivity index (χ1v) is 8.68. The van der Waals surface area contributed by atoms with Crippen LogP contribution >= 0.6 is 34.5 Å². The lowest BCUT2D eigenvalue weighted by molar-refractivity contribution is 0.526. The fourth-order valence-corrected chi connectivity index (χ4v) is 3.63. The van der Waals surface area contributed by atoms with Crippen molar-refractivity contribution in [2.45, 2.75) is 45.7 Å². The molecule has 114 valence electrons. The molecule has 0 bridgehead atoms. The SMILES string of the molecule is CC(C)NC(c1nc(C(C)C)cs1)c1ccc(Cl)cc1Cl. The number of rotatable bonds is 5. The highest BCUT2D eigenvalue weighted by Crippen LogP contribution is 2.33. The minimum atomic E-state index is -0.00716. The van der Waals surface area contributed by atoms with Crippen molar-refractivity contribution in [2.24, 2.45) is 0 Å². The van der Waals surface area contributed by atoms with E-state index in [2.05, 4.69) is 38.4 Å². The Bertz CT molecular complexity index is 608. The molecule has 2 rings (SSSR count). The van der Waals surface area contributed by atoms with Crippen molar-refractivity contribution in [3.8, 4) is 0 Å². The van der Waals surface area contributed by atoms with E-state index >= 15 is 0 Å². The number of aromatic nitrogens is 1. The third kappa shape index (κ3) is 4.19. The van der Waals surface area contributed by atoms with E-state index in [4.69, 9.17) is 28.2 Å². The summed E-state index contributed by atoms with van der Waals surface area (Å²) in [6.45, 7) is 8.54. The van der Waals surface area contributed by atoms with Crippen molar-refractivity contribution in [2.75, 3.05) is 0 Å². The molecule has 2 nitrogen and oxygen atoms in total. The maximum absolute atomic E-state index is 6.38. The predicted molar refractivity (Wildman–Crippen MR) is 92.8 cm³/mol. The van der Waals surface area contributed by atoms with Gasteiger partial charge in [0.1, 0.15) is 5.01 Å². The van der Waals surface area contributed by atoms with Gasteiger partial charge in [-0.1, -0.05) is 43.1 Å². The Balaban J connectivity index is 2.41. The third-order valence-corrected chi connectivity index (χ3v) is 4.64. The van der Waals surface area contributed by atoms with Gasteiger partial charge >= 0.3 is 0 Å². The van der Waals surface area contributed by atoms with Crippen LogP contribution in [-0.4, -0.2) is 11.0 Å². The molecule has 0 radical (unpaired) electrons. The Morgan fingerprint density at radius 3 is 2.38 bits per heavy atom. The monoisotopic (exact) mass is 342 g/mol. The van der Waals surface area contributed by atoms with Crippen molar-refractivity contribution in [1.29, 1.82) is 0 Å². The van der Waals surface area contributed by atoms with Crippen molar-refractivity contribution < 1.29 is 0 Å². The zero-order valence-corrected chi connectivity index (χ0v) is 15.0. The number of halogens is 2. The largest absolute Gasteiger partial charge is 0.302 e. The smallest absolute Gasteiger partial charge is 0.114 e. The number of hydrogen-bond acceptors (Lipinski definition) is 3. The van der Waals surface area contributed by atoms with Gasteiger partial charge in [-0.25, -0.2) is 4.98 Å². The van der Waals surface area contributed by atoms with Gasteiger partial charge in [0, 0.05) is 21.5 Å². The standard InChI is InChI=1S/C16H20Cl2N2S/c1-9(2)14-8-21-16(20-14)15(19-10(3)4)12-6-5-11(17)7-13(12)18/h5-10,15,19H,1-4H3. The second-order valence-corrected chi connectivity index (χ2v) is 7.42. The minimum absolute atomic E-state index is 0.00716. The quantitative estimate of drug-likeness (QED) is 0.758. The zero-order chi connectivity index (χ0) is 15.6. The van der Waals surface area contributed by atoms with Crippen LogP contribution in [0.15, 0.2) is 23.6 Å². The first kappa shape index (κ1) is 16.8. The number of nitrogens with one attached hydrogen (secondary N) is 1. The second-order valence-electron chi connectivity index (χ2n) is 5.69. The number of benzene rings is 1. The average Bonchev–Trinajstić information content (AvgIpc) is 2.85. The Kier molecular flexibility index (Phi) is 5.67. The van der Waals surface area contributed by atoms with Gasteiger partial charge < -0.3 is 5.32 Å². The van der Waals surface area contributed by atoms with Crippen LogP contribution in [0.3, 0.4) is 0 Å². The van der Waals surface area contributed by atoms with Crippen molar-refractivity contribution >= 4 is 34.5 Å². The van der Waals surface area contributed by atoms with E-state index in [1.54, 1.807) is 17.4 Å². The lowest BCUT2D eigenvalue weighted by atomic mass is 10.1. The summed E-state index contributed by atoms with van der Waals surface area (Å²) in [6, 6.07) is 5.95. The molecule has 1 aromatic carbocycles. The normalized spacial score (nSPS) is 13.1. The van der Waals surface area contributed by atoms with E-state index < -0.39 is 0 Å². The van der Waals surface area contributed by atoms with E-state index in [0.717, 1.165) is 16.3 Å². The number of thiazole rings is 1. The lowest BCUT2D eigenvalue weighted by Crippen LogP contribution is -2.29. The van der Waals surface area contributed by atoms with Crippen molar-refractivity contribution in [3.63, 3.8) is 0 Å². The summed E-state index contributed by atoms with van der Waals surface area (Å²) in [7, 11) is 0. The molecule has 1 aromatic heterocycles. The van der Waals surface area contributed by atoms with Crippen LogP contribution in [0.25, 0.3) is 0 Å². The van der Waals surface area contributed by atoms with Gasteiger partial charge in [0.15, 0.2) is 0 Å². The average molecular weight is 343 g/mol. The molecule has 0 aliphatic carbocycles. The molecule has 0 saturated heterocycles. The van der Waals surface area contributed by atoms with Crippen LogP contribution in [0.1, 0.15) is 55.9 Å². The van der Waals surface area contributed by atoms with Crippen LogP contribution in [-0.2, 0) is 0 Å². The molecule has 1 unspecified atom stereocenters. The molecule has 0 aliphatic rings. The summed E-state index contributed by atoms with van der Waals surface area (Å²) in [4.78, 5) is 4.77. The molecule has 0 fully saturated rings. The zero-order valence-electron chi connectivity index (χ0n) is 12.7.